The predicted octanol–water partition coefficient (Wildman–Crippen LogP) is 7.41. The molecule has 0 atom stereocenters. The molecule has 3 nitrogen and oxygen atoms in total. The Hall–Kier alpha value is -2.55. The highest BCUT2D eigenvalue weighted by Gasteiger charge is 2.13. The van der Waals surface area contributed by atoms with Gasteiger partial charge in [-0.2, -0.15) is 0 Å². The van der Waals surface area contributed by atoms with E-state index in [4.69, 9.17) is 0 Å². The van der Waals surface area contributed by atoms with Crippen molar-refractivity contribution in [2.24, 2.45) is 0 Å². The van der Waals surface area contributed by atoms with Gasteiger partial charge in [-0.05, 0) is 30.0 Å². The number of carbonyl (C=O) groups is 1. The number of amides is 1. The molecule has 3 heteroatoms. The van der Waals surface area contributed by atoms with Crippen LogP contribution >= 0.6 is 0 Å². The van der Waals surface area contributed by atoms with Gasteiger partial charge >= 0.3 is 0 Å². The van der Waals surface area contributed by atoms with Crippen molar-refractivity contribution in [2.45, 2.75) is 77.6 Å². The number of H-pyrrole nitrogens is 1. The second-order valence-corrected chi connectivity index (χ2v) is 8.57. The minimum absolute atomic E-state index is 0.184. The highest BCUT2D eigenvalue weighted by atomic mass is 16.1. The van der Waals surface area contributed by atoms with Crippen LogP contribution in [0, 0.1) is 0 Å². The summed E-state index contributed by atoms with van der Waals surface area (Å²) < 4.78 is 0. The van der Waals surface area contributed by atoms with Crippen molar-refractivity contribution < 1.29 is 4.79 Å². The van der Waals surface area contributed by atoms with Crippen molar-refractivity contribution in [3.05, 3.63) is 60.2 Å². The van der Waals surface area contributed by atoms with Crippen LogP contribution in [-0.2, 0) is 11.2 Å². The molecule has 31 heavy (non-hydrogen) atoms. The number of unbranched alkanes of at least 4 members (excludes halogenated alkanes) is 8. The van der Waals surface area contributed by atoms with Crippen LogP contribution in [0.5, 0.6) is 0 Å². The molecule has 0 radical (unpaired) electrons. The van der Waals surface area contributed by atoms with E-state index in [0.717, 1.165) is 24.1 Å². The van der Waals surface area contributed by atoms with Crippen molar-refractivity contribution >= 4 is 16.8 Å². The summed E-state index contributed by atoms with van der Waals surface area (Å²) in [4.78, 5) is 15.9. The van der Waals surface area contributed by atoms with E-state index < -0.39 is 0 Å². The first-order valence-corrected chi connectivity index (χ1v) is 12.2. The molecule has 1 aromatic heterocycles. The van der Waals surface area contributed by atoms with E-state index in [2.05, 4.69) is 65.8 Å². The van der Waals surface area contributed by atoms with Gasteiger partial charge in [-0.15, -0.1) is 0 Å². The van der Waals surface area contributed by atoms with Gasteiger partial charge in [0.05, 0.1) is 0 Å². The Bertz CT molecular complexity index is 913. The van der Waals surface area contributed by atoms with Crippen LogP contribution < -0.4 is 5.32 Å². The molecule has 0 saturated carbocycles. The van der Waals surface area contributed by atoms with E-state index in [0.29, 0.717) is 13.0 Å². The Kier molecular flexibility index (Phi) is 9.69. The molecular weight excluding hydrogens is 380 g/mol. The fraction of sp³-hybridized carbons (Fsp3) is 0.464. The van der Waals surface area contributed by atoms with Crippen molar-refractivity contribution in [3.8, 4) is 11.3 Å². The number of nitrogens with one attached hydrogen (secondary N) is 2. The summed E-state index contributed by atoms with van der Waals surface area (Å²) in [6, 6.07) is 18.9. The molecule has 2 N–H and O–H groups in total. The second-order valence-electron chi connectivity index (χ2n) is 8.57. The molecule has 3 rings (SSSR count). The summed E-state index contributed by atoms with van der Waals surface area (Å²) >= 11 is 0. The van der Waals surface area contributed by atoms with Crippen LogP contribution in [0.25, 0.3) is 22.2 Å². The van der Waals surface area contributed by atoms with Gasteiger partial charge in [0.2, 0.25) is 5.91 Å². The van der Waals surface area contributed by atoms with Gasteiger partial charge in [0.1, 0.15) is 0 Å². The minimum atomic E-state index is 0.184. The molecule has 3 aromatic rings. The first-order valence-electron chi connectivity index (χ1n) is 12.2. The number of fused-ring (bicyclic) bond motifs is 1. The van der Waals surface area contributed by atoms with Gasteiger partial charge in [0.25, 0.3) is 0 Å². The van der Waals surface area contributed by atoms with Crippen LogP contribution in [0.4, 0.5) is 0 Å². The zero-order valence-electron chi connectivity index (χ0n) is 19.1. The molecule has 1 heterocycles. The monoisotopic (exact) mass is 418 g/mol. The summed E-state index contributed by atoms with van der Waals surface area (Å²) in [6.45, 7) is 2.94. The van der Waals surface area contributed by atoms with Gasteiger partial charge in [0, 0.05) is 29.6 Å². The van der Waals surface area contributed by atoms with Gasteiger partial charge in [-0.1, -0.05) is 107 Å². The summed E-state index contributed by atoms with van der Waals surface area (Å²) in [5, 5.41) is 4.38. The average Bonchev–Trinajstić information content (AvgIpc) is 3.17. The summed E-state index contributed by atoms with van der Waals surface area (Å²) in [7, 11) is 0. The van der Waals surface area contributed by atoms with Gasteiger partial charge in [-0.25, -0.2) is 0 Å². The van der Waals surface area contributed by atoms with Crippen LogP contribution in [0.15, 0.2) is 54.6 Å². The second kappa shape index (κ2) is 13.0. The fourth-order valence-electron chi connectivity index (χ4n) is 4.32. The van der Waals surface area contributed by atoms with Gasteiger partial charge in [0.15, 0.2) is 0 Å². The first kappa shape index (κ1) is 23.1. The fourth-order valence-corrected chi connectivity index (χ4v) is 4.32. The Labute approximate surface area is 187 Å². The topological polar surface area (TPSA) is 44.9 Å². The van der Waals surface area contributed by atoms with Crippen LogP contribution in [0.2, 0.25) is 0 Å². The molecule has 1 amide bonds. The maximum atomic E-state index is 12.3. The standard InChI is InChI=1S/C28H38N2O/c1-2-3-4-5-6-7-8-9-13-20-27(31)29-22-21-25-24-18-14-15-19-26(24)30-28(25)23-16-11-10-12-17-23/h10-12,14-19,30H,2-9,13,20-22H2,1H3,(H,29,31). The molecule has 0 aliphatic heterocycles. The van der Waals surface area contributed by atoms with Gasteiger partial charge < -0.3 is 10.3 Å². The number of hydrogen-bond donors (Lipinski definition) is 2. The molecule has 0 unspecified atom stereocenters. The Morgan fingerprint density at radius 1 is 0.806 bits per heavy atom. The largest absolute Gasteiger partial charge is 0.356 e. The smallest absolute Gasteiger partial charge is 0.220 e. The summed E-state index contributed by atoms with van der Waals surface area (Å²) in [6.07, 6.45) is 13.0. The molecular formula is C28H38N2O. The Balaban J connectivity index is 1.42. The molecule has 2 aromatic carbocycles. The molecule has 166 valence electrons. The highest BCUT2D eigenvalue weighted by molar-refractivity contribution is 5.90. The zero-order chi connectivity index (χ0) is 21.7. The number of aromatic amines is 1. The number of aromatic nitrogens is 1. The third-order valence-electron chi connectivity index (χ3n) is 6.08. The summed E-state index contributed by atoms with van der Waals surface area (Å²) in [5.41, 5.74) is 4.78. The molecule has 0 aliphatic rings. The van der Waals surface area contributed by atoms with E-state index in [-0.39, 0.29) is 5.91 Å². The SMILES string of the molecule is CCCCCCCCCCCC(=O)NCCc1c(-c2ccccc2)[nH]c2ccccc12. The first-order chi connectivity index (χ1) is 15.3. The number of para-hydroxylation sites is 1. The highest BCUT2D eigenvalue weighted by Crippen LogP contribution is 2.30. The number of hydrogen-bond acceptors (Lipinski definition) is 1. The lowest BCUT2D eigenvalue weighted by atomic mass is 10.0. The minimum Gasteiger partial charge on any atom is -0.356 e. The van der Waals surface area contributed by atoms with Crippen LogP contribution in [0.1, 0.15) is 76.7 Å². The predicted molar refractivity (Wildman–Crippen MR) is 132 cm³/mol. The maximum absolute atomic E-state index is 12.3. The number of benzene rings is 2. The van der Waals surface area contributed by atoms with E-state index >= 15 is 0 Å². The molecule has 0 spiro atoms. The lowest BCUT2D eigenvalue weighted by Gasteiger charge is -2.08. The van der Waals surface area contributed by atoms with E-state index in [1.807, 2.05) is 6.07 Å². The average molecular weight is 419 g/mol. The lowest BCUT2D eigenvalue weighted by molar-refractivity contribution is -0.121. The quantitative estimate of drug-likeness (QED) is 0.263. The lowest BCUT2D eigenvalue weighted by Crippen LogP contribution is -2.25. The van der Waals surface area contributed by atoms with Crippen molar-refractivity contribution in [1.29, 1.82) is 0 Å². The van der Waals surface area contributed by atoms with E-state index in [1.165, 1.54) is 67.9 Å². The Morgan fingerprint density at radius 2 is 1.45 bits per heavy atom. The molecule has 0 fully saturated rings. The van der Waals surface area contributed by atoms with Gasteiger partial charge in [-0.3, -0.25) is 4.79 Å². The number of rotatable bonds is 14. The van der Waals surface area contributed by atoms with Crippen molar-refractivity contribution in [2.75, 3.05) is 6.54 Å². The Morgan fingerprint density at radius 3 is 2.19 bits per heavy atom. The third kappa shape index (κ3) is 7.27. The van der Waals surface area contributed by atoms with Crippen molar-refractivity contribution in [3.63, 3.8) is 0 Å². The molecule has 0 aliphatic carbocycles. The molecule has 0 saturated heterocycles. The maximum Gasteiger partial charge on any atom is 0.220 e. The summed E-state index contributed by atoms with van der Waals surface area (Å²) in [5.74, 6) is 0.184. The van der Waals surface area contributed by atoms with Crippen LogP contribution in [0.3, 0.4) is 0 Å². The normalized spacial score (nSPS) is 11.1. The van der Waals surface area contributed by atoms with Crippen molar-refractivity contribution in [1.82, 2.24) is 10.3 Å². The van der Waals surface area contributed by atoms with Crippen LogP contribution in [-0.4, -0.2) is 17.4 Å². The van der Waals surface area contributed by atoms with E-state index in [9.17, 15) is 4.79 Å². The van der Waals surface area contributed by atoms with E-state index in [1.54, 1.807) is 0 Å². The zero-order valence-corrected chi connectivity index (χ0v) is 19.1. The molecule has 0 bridgehead atoms. The number of carbonyl (C=O) groups excluding carboxylic acids is 1. The third-order valence-corrected chi connectivity index (χ3v) is 6.08.